The van der Waals surface area contributed by atoms with Gasteiger partial charge in [-0.1, -0.05) is 11.6 Å². The Morgan fingerprint density at radius 2 is 2.15 bits per heavy atom. The maximum atomic E-state index is 13.0. The average Bonchev–Trinajstić information content (AvgIpc) is 3.26. The van der Waals surface area contributed by atoms with E-state index in [1.807, 2.05) is 0 Å². The summed E-state index contributed by atoms with van der Waals surface area (Å²) in [7, 11) is 3.02. The van der Waals surface area contributed by atoms with Crippen LogP contribution in [0, 0.1) is 5.92 Å². The van der Waals surface area contributed by atoms with Crippen LogP contribution in [0.1, 0.15) is 6.42 Å². The first kappa shape index (κ1) is 17.5. The third-order valence-electron chi connectivity index (χ3n) is 4.46. The number of alkyl halides is 1. The van der Waals surface area contributed by atoms with E-state index in [0.717, 1.165) is 10.9 Å². The Morgan fingerprint density at radius 1 is 1.37 bits per heavy atom. The van der Waals surface area contributed by atoms with Crippen molar-refractivity contribution in [1.29, 1.82) is 0 Å². The molecule has 0 unspecified atom stereocenters. The molecule has 7 nitrogen and oxygen atoms in total. The summed E-state index contributed by atoms with van der Waals surface area (Å²) in [6.45, 7) is 0. The van der Waals surface area contributed by atoms with Crippen molar-refractivity contribution in [3.63, 3.8) is 0 Å². The summed E-state index contributed by atoms with van der Waals surface area (Å²) in [6, 6.07) is 3.45. The van der Waals surface area contributed by atoms with Gasteiger partial charge >= 0.3 is 0 Å². The van der Waals surface area contributed by atoms with Gasteiger partial charge in [-0.3, -0.25) is 4.79 Å². The highest BCUT2D eigenvalue weighted by Crippen LogP contribution is 2.44. The molecule has 1 saturated carbocycles. The van der Waals surface area contributed by atoms with Crippen molar-refractivity contribution in [3.05, 3.63) is 29.5 Å². The number of pyridine rings is 2. The van der Waals surface area contributed by atoms with Gasteiger partial charge in [0.05, 0.1) is 31.9 Å². The molecule has 1 aliphatic rings. The van der Waals surface area contributed by atoms with E-state index in [1.165, 1.54) is 20.4 Å². The zero-order chi connectivity index (χ0) is 19.1. The quantitative estimate of drug-likeness (QED) is 0.695. The number of halogens is 2. The van der Waals surface area contributed by atoms with Crippen LogP contribution in [0.4, 0.5) is 10.2 Å². The largest absolute Gasteiger partial charge is 0.494 e. The van der Waals surface area contributed by atoms with Gasteiger partial charge in [0.1, 0.15) is 22.7 Å². The van der Waals surface area contributed by atoms with Crippen LogP contribution in [0.5, 0.6) is 11.6 Å². The Balaban J connectivity index is 1.74. The number of carbonyl (C=O) groups excluding carboxylic acids is 1. The molecule has 2 N–H and O–H groups in total. The molecule has 0 aromatic carbocycles. The second-order valence-electron chi connectivity index (χ2n) is 6.17. The van der Waals surface area contributed by atoms with Crippen molar-refractivity contribution in [2.45, 2.75) is 12.6 Å². The molecule has 0 spiro atoms. The van der Waals surface area contributed by atoms with E-state index < -0.39 is 12.1 Å². The van der Waals surface area contributed by atoms with Crippen molar-refractivity contribution in [3.8, 4) is 22.8 Å². The van der Waals surface area contributed by atoms with Crippen molar-refractivity contribution < 1.29 is 18.7 Å². The van der Waals surface area contributed by atoms with Crippen LogP contribution < -0.4 is 14.8 Å². The minimum Gasteiger partial charge on any atom is -0.494 e. The molecule has 2 atom stereocenters. The van der Waals surface area contributed by atoms with E-state index in [2.05, 4.69) is 20.3 Å². The van der Waals surface area contributed by atoms with Gasteiger partial charge in [0.15, 0.2) is 5.75 Å². The third kappa shape index (κ3) is 3.06. The zero-order valence-corrected chi connectivity index (χ0v) is 15.3. The highest BCUT2D eigenvalue weighted by molar-refractivity contribution is 6.32. The van der Waals surface area contributed by atoms with E-state index in [4.69, 9.17) is 21.1 Å². The molecule has 0 saturated heterocycles. The summed E-state index contributed by atoms with van der Waals surface area (Å²) in [5.74, 6) is 0.209. The van der Waals surface area contributed by atoms with Crippen molar-refractivity contribution in [2.24, 2.45) is 5.92 Å². The number of hydrogen-bond acceptors (Lipinski definition) is 5. The van der Waals surface area contributed by atoms with E-state index in [-0.39, 0.29) is 12.3 Å². The van der Waals surface area contributed by atoms with Gasteiger partial charge < -0.3 is 19.8 Å². The molecule has 9 heteroatoms. The lowest BCUT2D eigenvalue weighted by atomic mass is 10.1. The number of rotatable bonds is 5. The van der Waals surface area contributed by atoms with Crippen LogP contribution >= 0.6 is 11.6 Å². The number of hydrogen-bond donors (Lipinski definition) is 2. The van der Waals surface area contributed by atoms with Crippen LogP contribution in [-0.4, -0.2) is 41.3 Å². The molecule has 0 radical (unpaired) electrons. The Morgan fingerprint density at radius 3 is 2.81 bits per heavy atom. The molecule has 1 amide bonds. The van der Waals surface area contributed by atoms with E-state index in [9.17, 15) is 9.18 Å². The fraction of sp³-hybridized carbons (Fsp3) is 0.278. The molecule has 3 heterocycles. The van der Waals surface area contributed by atoms with Crippen LogP contribution in [0.2, 0.25) is 5.02 Å². The average molecular weight is 391 g/mol. The molecule has 0 aliphatic heterocycles. The van der Waals surface area contributed by atoms with Gasteiger partial charge in [0.2, 0.25) is 11.8 Å². The van der Waals surface area contributed by atoms with Crippen LogP contribution in [-0.2, 0) is 4.79 Å². The van der Waals surface area contributed by atoms with Gasteiger partial charge in [-0.25, -0.2) is 14.4 Å². The summed E-state index contributed by atoms with van der Waals surface area (Å²) in [5, 5.41) is 3.76. The zero-order valence-electron chi connectivity index (χ0n) is 14.5. The van der Waals surface area contributed by atoms with Gasteiger partial charge in [0, 0.05) is 17.1 Å². The van der Waals surface area contributed by atoms with Gasteiger partial charge in [-0.15, -0.1) is 0 Å². The highest BCUT2D eigenvalue weighted by atomic mass is 35.5. The van der Waals surface area contributed by atoms with Gasteiger partial charge in [-0.05, 0) is 18.6 Å². The maximum absolute atomic E-state index is 13.0. The molecular formula is C18H16ClFN4O3. The van der Waals surface area contributed by atoms with Gasteiger partial charge in [-0.2, -0.15) is 0 Å². The number of anilines is 1. The lowest BCUT2D eigenvalue weighted by Crippen LogP contribution is -2.15. The Kier molecular flexibility index (Phi) is 4.35. The maximum Gasteiger partial charge on any atom is 0.231 e. The first-order valence-electron chi connectivity index (χ1n) is 8.23. The molecule has 0 bridgehead atoms. The first-order valence-corrected chi connectivity index (χ1v) is 8.61. The van der Waals surface area contributed by atoms with E-state index >= 15 is 0 Å². The fourth-order valence-electron chi connectivity index (χ4n) is 2.98. The lowest BCUT2D eigenvalue weighted by molar-refractivity contribution is -0.117. The summed E-state index contributed by atoms with van der Waals surface area (Å²) in [5.41, 5.74) is 1.88. The number of amides is 1. The molecule has 3 aromatic heterocycles. The number of nitrogens with one attached hydrogen (secondary N) is 2. The molecule has 3 aromatic rings. The number of carbonyl (C=O) groups is 1. The third-order valence-corrected chi connectivity index (χ3v) is 4.73. The van der Waals surface area contributed by atoms with Gasteiger partial charge in [0.25, 0.3) is 0 Å². The Bertz CT molecular complexity index is 1040. The monoisotopic (exact) mass is 390 g/mol. The number of fused-ring (bicyclic) bond motifs is 1. The predicted molar refractivity (Wildman–Crippen MR) is 99.1 cm³/mol. The number of H-pyrrole nitrogens is 1. The normalized spacial score (nSPS) is 18.4. The van der Waals surface area contributed by atoms with Crippen molar-refractivity contribution in [2.75, 3.05) is 19.5 Å². The number of nitrogens with zero attached hydrogens (tertiary/aromatic N) is 2. The second kappa shape index (κ2) is 6.70. The van der Waals surface area contributed by atoms with Crippen LogP contribution in [0.3, 0.4) is 0 Å². The summed E-state index contributed by atoms with van der Waals surface area (Å²) < 4.78 is 23.8. The molecule has 27 heavy (non-hydrogen) atoms. The van der Waals surface area contributed by atoms with E-state index in [1.54, 1.807) is 18.3 Å². The number of ether oxygens (including phenoxy) is 2. The lowest BCUT2D eigenvalue weighted by Gasteiger charge is -2.13. The predicted octanol–water partition coefficient (Wildman–Crippen LogP) is 3.59. The number of methoxy groups -OCH3 is 2. The first-order chi connectivity index (χ1) is 13.0. The summed E-state index contributed by atoms with van der Waals surface area (Å²) in [6.07, 6.45) is 2.41. The molecule has 1 fully saturated rings. The highest BCUT2D eigenvalue weighted by Gasteiger charge is 2.43. The van der Waals surface area contributed by atoms with Crippen LogP contribution in [0.25, 0.3) is 22.2 Å². The SMILES string of the molecule is COc1ncc(Cl)c(OC)c1-c1c[nH]c2nc(NC(=O)[C@@H]3C[C@@H]3F)ccc12. The summed E-state index contributed by atoms with van der Waals surface area (Å²) in [4.78, 5) is 23.5. The molecule has 140 valence electrons. The Labute approximate surface area is 158 Å². The topological polar surface area (TPSA) is 89.1 Å². The van der Waals surface area contributed by atoms with Crippen molar-refractivity contribution >= 4 is 34.4 Å². The fourth-order valence-corrected chi connectivity index (χ4v) is 3.20. The minimum atomic E-state index is -1.05. The number of aromatic nitrogens is 3. The number of aromatic amines is 1. The minimum absolute atomic E-state index is 0.266. The smallest absolute Gasteiger partial charge is 0.231 e. The molecule has 1 aliphatic carbocycles. The van der Waals surface area contributed by atoms with E-state index in [0.29, 0.717) is 33.7 Å². The van der Waals surface area contributed by atoms with Crippen molar-refractivity contribution in [1.82, 2.24) is 15.0 Å². The van der Waals surface area contributed by atoms with Crippen LogP contribution in [0.15, 0.2) is 24.5 Å². The second-order valence-corrected chi connectivity index (χ2v) is 6.57. The molecule has 4 rings (SSSR count). The summed E-state index contributed by atoms with van der Waals surface area (Å²) >= 11 is 6.21. The molecular weight excluding hydrogens is 375 g/mol. The Hall–Kier alpha value is -2.87. The standard InChI is InChI=1S/C18H16ClFN4O3/c1-26-15-11(19)7-22-18(27-2)14(15)10-6-21-16-8(10)3-4-13(23-16)24-17(25)9-5-12(9)20/h3-4,6-7,9,12H,5H2,1-2H3,(H2,21,23,24,25)/t9-,12+/m1/s1.